The quantitative estimate of drug-likeness (QED) is 0.620. The molecule has 1 unspecified atom stereocenters. The van der Waals surface area contributed by atoms with E-state index in [0.717, 1.165) is 0 Å². The van der Waals surface area contributed by atoms with Gasteiger partial charge in [0.25, 0.3) is 5.91 Å². The van der Waals surface area contributed by atoms with Crippen LogP contribution in [0.15, 0.2) is 6.20 Å². The summed E-state index contributed by atoms with van der Waals surface area (Å²) < 4.78 is 5.67. The second-order valence-electron chi connectivity index (χ2n) is 3.65. The first kappa shape index (κ1) is 14.5. The molecular weight excluding hydrogens is 254 g/mol. The van der Waals surface area contributed by atoms with E-state index in [1.807, 2.05) is 0 Å². The minimum Gasteiger partial charge on any atom is -0.464 e. The fraction of sp³-hybridized carbons (Fsp3) is 0.400. The highest BCUT2D eigenvalue weighted by molar-refractivity contribution is 5.96. The second-order valence-corrected chi connectivity index (χ2v) is 3.65. The van der Waals surface area contributed by atoms with Crippen molar-refractivity contribution in [2.75, 3.05) is 19.9 Å². The zero-order valence-corrected chi connectivity index (χ0v) is 10.8. The number of urea groups is 1. The molecule has 0 aliphatic heterocycles. The topological polar surface area (TPSA) is 128 Å². The van der Waals surface area contributed by atoms with Crippen LogP contribution in [0.2, 0.25) is 0 Å². The number of aromatic nitrogens is 2. The van der Waals surface area contributed by atoms with Gasteiger partial charge in [0.1, 0.15) is 6.04 Å². The van der Waals surface area contributed by atoms with E-state index in [1.54, 1.807) is 0 Å². The van der Waals surface area contributed by atoms with E-state index < -0.39 is 23.9 Å². The van der Waals surface area contributed by atoms with Gasteiger partial charge in [-0.3, -0.25) is 14.8 Å². The predicted octanol–water partition coefficient (Wildman–Crippen LogP) is -0.732. The monoisotopic (exact) mass is 269 g/mol. The number of nitrogen functional groups attached to an aromatic ring is 1. The maximum atomic E-state index is 11.7. The fourth-order valence-corrected chi connectivity index (χ4v) is 1.26. The number of rotatable bonds is 3. The fourth-order valence-electron chi connectivity index (χ4n) is 1.26. The highest BCUT2D eigenvalue weighted by atomic mass is 16.5. The van der Waals surface area contributed by atoms with Crippen molar-refractivity contribution in [1.82, 2.24) is 20.4 Å². The molecule has 0 aliphatic rings. The second kappa shape index (κ2) is 5.85. The van der Waals surface area contributed by atoms with Crippen molar-refractivity contribution in [2.24, 2.45) is 0 Å². The summed E-state index contributed by atoms with van der Waals surface area (Å²) >= 11 is 0. The van der Waals surface area contributed by atoms with Gasteiger partial charge < -0.3 is 15.8 Å². The third kappa shape index (κ3) is 3.21. The molecule has 0 spiro atoms. The highest BCUT2D eigenvalue weighted by Crippen LogP contribution is 2.14. The molecule has 0 radical (unpaired) electrons. The van der Waals surface area contributed by atoms with Gasteiger partial charge in [-0.05, 0) is 6.92 Å². The first-order valence-corrected chi connectivity index (χ1v) is 5.36. The van der Waals surface area contributed by atoms with Crippen molar-refractivity contribution in [3.8, 4) is 0 Å². The summed E-state index contributed by atoms with van der Waals surface area (Å²) in [4.78, 5) is 34.0. The van der Waals surface area contributed by atoms with Crippen molar-refractivity contribution in [1.29, 1.82) is 0 Å². The lowest BCUT2D eigenvalue weighted by Crippen LogP contribution is -2.41. The van der Waals surface area contributed by atoms with Crippen LogP contribution >= 0.6 is 0 Å². The van der Waals surface area contributed by atoms with Crippen molar-refractivity contribution in [3.05, 3.63) is 11.9 Å². The number of carbonyl (C=O) groups is 3. The first-order chi connectivity index (χ1) is 8.90. The summed E-state index contributed by atoms with van der Waals surface area (Å²) in [6.07, 6.45) is 1.32. The number of nitrogens with one attached hydrogen (secondary N) is 2. The van der Waals surface area contributed by atoms with Gasteiger partial charge in [-0.1, -0.05) is 0 Å². The van der Waals surface area contributed by atoms with E-state index >= 15 is 0 Å². The molecule has 9 nitrogen and oxygen atoms in total. The van der Waals surface area contributed by atoms with E-state index in [9.17, 15) is 14.4 Å². The summed E-state index contributed by atoms with van der Waals surface area (Å²) in [6, 6.07) is -1.44. The number of anilines is 1. The zero-order chi connectivity index (χ0) is 14.6. The number of imide groups is 1. The summed E-state index contributed by atoms with van der Waals surface area (Å²) in [6.45, 7) is 1.51. The smallest absolute Gasteiger partial charge is 0.360 e. The number of carbonyl (C=O) groups excluding carboxylic acids is 3. The Morgan fingerprint density at radius 1 is 1.47 bits per heavy atom. The summed E-state index contributed by atoms with van der Waals surface area (Å²) in [5.74, 6) is -1.28. The Kier molecular flexibility index (Phi) is 4.46. The Labute approximate surface area is 109 Å². The number of hydrogen-bond acceptors (Lipinski definition) is 6. The van der Waals surface area contributed by atoms with E-state index in [2.05, 4.69) is 20.5 Å². The summed E-state index contributed by atoms with van der Waals surface area (Å²) in [5.41, 5.74) is 5.60. The van der Waals surface area contributed by atoms with Gasteiger partial charge in [0.05, 0.1) is 12.8 Å². The Hall–Kier alpha value is -2.58. The molecule has 1 aromatic rings. The van der Waals surface area contributed by atoms with Crippen LogP contribution in [0.5, 0.6) is 0 Å². The molecular formula is C10H15N5O4. The van der Waals surface area contributed by atoms with Gasteiger partial charge in [-0.15, -0.1) is 0 Å². The molecule has 0 aromatic carbocycles. The van der Waals surface area contributed by atoms with E-state index in [0.29, 0.717) is 0 Å². The zero-order valence-electron chi connectivity index (χ0n) is 10.8. The minimum absolute atomic E-state index is 0.0814. The van der Waals surface area contributed by atoms with Gasteiger partial charge in [0.15, 0.2) is 5.69 Å². The van der Waals surface area contributed by atoms with Crippen LogP contribution in [0.25, 0.3) is 0 Å². The molecule has 0 saturated heterocycles. The molecule has 0 fully saturated rings. The Balaban J connectivity index is 2.88. The Morgan fingerprint density at radius 2 is 2.11 bits per heavy atom. The molecule has 19 heavy (non-hydrogen) atoms. The number of hydrogen-bond donors (Lipinski definition) is 3. The number of esters is 1. The van der Waals surface area contributed by atoms with Crippen LogP contribution < -0.4 is 16.4 Å². The normalized spacial score (nSPS) is 11.5. The number of amides is 3. The maximum Gasteiger partial charge on any atom is 0.360 e. The standard InChI is InChI=1S/C10H15N5O4/c1-5(8(16)13-10(18)12-2)15-4-6(11)7(14-15)9(17)19-3/h4-5H,11H2,1-3H3,(H2,12,13,16,18). The van der Waals surface area contributed by atoms with Crippen LogP contribution in [0.3, 0.4) is 0 Å². The van der Waals surface area contributed by atoms with Crippen molar-refractivity contribution in [2.45, 2.75) is 13.0 Å². The lowest BCUT2D eigenvalue weighted by atomic mass is 10.3. The van der Waals surface area contributed by atoms with Gasteiger partial charge in [-0.25, -0.2) is 9.59 Å². The van der Waals surface area contributed by atoms with E-state index in [-0.39, 0.29) is 11.4 Å². The third-order valence-electron chi connectivity index (χ3n) is 2.38. The summed E-state index contributed by atoms with van der Waals surface area (Å²) in [5, 5.41) is 8.20. The molecule has 0 aliphatic carbocycles. The number of methoxy groups -OCH3 is 1. The van der Waals surface area contributed by atoms with Gasteiger partial charge in [0, 0.05) is 13.2 Å². The van der Waals surface area contributed by atoms with Gasteiger partial charge >= 0.3 is 12.0 Å². The molecule has 3 amide bonds. The molecule has 4 N–H and O–H groups in total. The molecule has 9 heteroatoms. The number of ether oxygens (including phenoxy) is 1. The molecule has 1 aromatic heterocycles. The van der Waals surface area contributed by atoms with Crippen molar-refractivity contribution < 1.29 is 19.1 Å². The van der Waals surface area contributed by atoms with Gasteiger partial charge in [-0.2, -0.15) is 5.10 Å². The van der Waals surface area contributed by atoms with Gasteiger partial charge in [0.2, 0.25) is 0 Å². The van der Waals surface area contributed by atoms with Crippen LogP contribution in [-0.2, 0) is 9.53 Å². The largest absolute Gasteiger partial charge is 0.464 e. The summed E-state index contributed by atoms with van der Waals surface area (Å²) in [7, 11) is 2.58. The maximum absolute atomic E-state index is 11.7. The Morgan fingerprint density at radius 3 is 2.63 bits per heavy atom. The van der Waals surface area contributed by atoms with Crippen molar-refractivity contribution in [3.63, 3.8) is 0 Å². The van der Waals surface area contributed by atoms with Crippen LogP contribution in [0.4, 0.5) is 10.5 Å². The average molecular weight is 269 g/mol. The molecule has 1 atom stereocenters. The highest BCUT2D eigenvalue weighted by Gasteiger charge is 2.22. The molecule has 1 heterocycles. The number of nitrogens with zero attached hydrogens (tertiary/aromatic N) is 2. The lowest BCUT2D eigenvalue weighted by molar-refractivity contribution is -0.123. The molecule has 104 valence electrons. The number of nitrogens with two attached hydrogens (primary N) is 1. The molecule has 1 rings (SSSR count). The van der Waals surface area contributed by atoms with E-state index in [4.69, 9.17) is 5.73 Å². The predicted molar refractivity (Wildman–Crippen MR) is 65.3 cm³/mol. The van der Waals surface area contributed by atoms with Crippen LogP contribution in [0.1, 0.15) is 23.5 Å². The third-order valence-corrected chi connectivity index (χ3v) is 2.38. The van der Waals surface area contributed by atoms with E-state index in [1.165, 1.54) is 32.0 Å². The molecule has 0 saturated carbocycles. The van der Waals surface area contributed by atoms with Crippen LogP contribution in [0, 0.1) is 0 Å². The SMILES string of the molecule is CNC(=O)NC(=O)C(C)n1cc(N)c(C(=O)OC)n1. The first-order valence-electron chi connectivity index (χ1n) is 5.36. The Bertz CT molecular complexity index is 510. The van der Waals surface area contributed by atoms with Crippen molar-refractivity contribution >= 4 is 23.6 Å². The molecule has 0 bridgehead atoms. The minimum atomic E-state index is -0.807. The average Bonchev–Trinajstić information content (AvgIpc) is 2.78. The lowest BCUT2D eigenvalue weighted by Gasteiger charge is -2.11. The van der Waals surface area contributed by atoms with Crippen LogP contribution in [-0.4, -0.2) is 41.8 Å².